The van der Waals surface area contributed by atoms with Gasteiger partial charge in [-0.05, 0) is 37.3 Å². The third-order valence-corrected chi connectivity index (χ3v) is 4.24. The van der Waals surface area contributed by atoms with Crippen LogP contribution in [0.1, 0.15) is 25.7 Å². The van der Waals surface area contributed by atoms with Crippen molar-refractivity contribution in [3.63, 3.8) is 0 Å². The summed E-state index contributed by atoms with van der Waals surface area (Å²) >= 11 is 5.89. The Morgan fingerprint density at radius 3 is 2.75 bits per heavy atom. The molecule has 0 N–H and O–H groups in total. The molecule has 0 unspecified atom stereocenters. The summed E-state index contributed by atoms with van der Waals surface area (Å²) in [6.07, 6.45) is 3.87. The molecule has 3 rings (SSSR count). The van der Waals surface area contributed by atoms with Gasteiger partial charge in [-0.3, -0.25) is 4.79 Å². The molecule has 3 nitrogen and oxygen atoms in total. The maximum Gasteiger partial charge on any atom is 0.254 e. The second-order valence-corrected chi connectivity index (χ2v) is 5.53. The summed E-state index contributed by atoms with van der Waals surface area (Å²) in [6.45, 7) is 0.482. The second kappa shape index (κ2) is 5.09. The van der Waals surface area contributed by atoms with Crippen LogP contribution in [0.4, 0.5) is 10.1 Å². The number of methoxy groups -OCH3 is 1. The van der Waals surface area contributed by atoms with E-state index in [1.54, 1.807) is 0 Å². The zero-order valence-electron chi connectivity index (χ0n) is 11.2. The Morgan fingerprint density at radius 2 is 2.05 bits per heavy atom. The van der Waals surface area contributed by atoms with E-state index >= 15 is 0 Å². The lowest BCUT2D eigenvalue weighted by Crippen LogP contribution is -2.27. The van der Waals surface area contributed by atoms with Gasteiger partial charge in [-0.1, -0.05) is 11.6 Å². The predicted octanol–water partition coefficient (Wildman–Crippen LogP) is 3.70. The Morgan fingerprint density at radius 1 is 1.30 bits per heavy atom. The summed E-state index contributed by atoms with van der Waals surface area (Å²) in [6, 6.07) is 2.69. The highest BCUT2D eigenvalue weighted by atomic mass is 35.5. The van der Waals surface area contributed by atoms with Crippen LogP contribution in [-0.4, -0.2) is 19.6 Å². The summed E-state index contributed by atoms with van der Waals surface area (Å²) in [5.74, 6) is -0.201. The average molecular weight is 296 g/mol. The molecule has 0 fully saturated rings. The fourth-order valence-corrected chi connectivity index (χ4v) is 3.13. The van der Waals surface area contributed by atoms with Gasteiger partial charge in [0.25, 0.3) is 5.91 Å². The van der Waals surface area contributed by atoms with Gasteiger partial charge < -0.3 is 9.64 Å². The lowest BCUT2D eigenvalue weighted by Gasteiger charge is -2.19. The van der Waals surface area contributed by atoms with Crippen LogP contribution in [0, 0.1) is 5.82 Å². The molecule has 1 aliphatic carbocycles. The maximum absolute atomic E-state index is 14.1. The predicted molar refractivity (Wildman–Crippen MR) is 75.8 cm³/mol. The van der Waals surface area contributed by atoms with Crippen molar-refractivity contribution in [1.82, 2.24) is 0 Å². The largest absolute Gasteiger partial charge is 0.495 e. The van der Waals surface area contributed by atoms with Gasteiger partial charge in [0.15, 0.2) is 0 Å². The van der Waals surface area contributed by atoms with Crippen molar-refractivity contribution < 1.29 is 13.9 Å². The van der Waals surface area contributed by atoms with Gasteiger partial charge in [0.2, 0.25) is 0 Å². The first-order chi connectivity index (χ1) is 9.61. The summed E-state index contributed by atoms with van der Waals surface area (Å²) < 4.78 is 19.2. The first-order valence-electron chi connectivity index (χ1n) is 6.67. The molecule has 2 aliphatic rings. The van der Waals surface area contributed by atoms with Crippen LogP contribution in [-0.2, 0) is 4.79 Å². The van der Waals surface area contributed by atoms with E-state index in [2.05, 4.69) is 0 Å². The van der Waals surface area contributed by atoms with E-state index in [-0.39, 0.29) is 16.6 Å². The van der Waals surface area contributed by atoms with Crippen molar-refractivity contribution in [2.75, 3.05) is 18.6 Å². The Kier molecular flexibility index (Phi) is 3.42. The molecule has 1 aromatic rings. The van der Waals surface area contributed by atoms with Gasteiger partial charge in [-0.25, -0.2) is 4.39 Å². The molecule has 0 aromatic heterocycles. The monoisotopic (exact) mass is 295 g/mol. The number of rotatable bonds is 2. The highest BCUT2D eigenvalue weighted by Gasteiger charge is 2.33. The first-order valence-corrected chi connectivity index (χ1v) is 7.05. The summed E-state index contributed by atoms with van der Waals surface area (Å²) in [4.78, 5) is 13.9. The van der Waals surface area contributed by atoms with Gasteiger partial charge >= 0.3 is 0 Å². The summed E-state index contributed by atoms with van der Waals surface area (Å²) in [5.41, 5.74) is 2.25. The molecule has 0 spiro atoms. The number of ether oxygens (including phenoxy) is 1. The van der Waals surface area contributed by atoms with E-state index in [0.717, 1.165) is 36.8 Å². The van der Waals surface area contributed by atoms with Crippen molar-refractivity contribution in [2.45, 2.75) is 25.7 Å². The van der Waals surface area contributed by atoms with E-state index in [9.17, 15) is 9.18 Å². The number of carbonyl (C=O) groups is 1. The van der Waals surface area contributed by atoms with Crippen LogP contribution in [0.2, 0.25) is 5.02 Å². The van der Waals surface area contributed by atoms with Crippen molar-refractivity contribution in [3.8, 4) is 5.75 Å². The van der Waals surface area contributed by atoms with Crippen LogP contribution < -0.4 is 9.64 Å². The molecule has 0 saturated carbocycles. The minimum absolute atomic E-state index is 0.0806. The van der Waals surface area contributed by atoms with E-state index in [0.29, 0.717) is 12.3 Å². The van der Waals surface area contributed by atoms with Gasteiger partial charge in [0, 0.05) is 18.2 Å². The highest BCUT2D eigenvalue weighted by Crippen LogP contribution is 2.38. The molecule has 0 saturated heterocycles. The smallest absolute Gasteiger partial charge is 0.254 e. The number of benzene rings is 1. The second-order valence-electron chi connectivity index (χ2n) is 5.12. The van der Waals surface area contributed by atoms with Gasteiger partial charge in [0.05, 0.1) is 17.8 Å². The fourth-order valence-electron chi connectivity index (χ4n) is 2.90. The van der Waals surface area contributed by atoms with Gasteiger partial charge in [0.1, 0.15) is 11.6 Å². The lowest BCUT2D eigenvalue weighted by molar-refractivity contribution is -0.114. The molecular weight excluding hydrogens is 281 g/mol. The quantitative estimate of drug-likeness (QED) is 0.832. The highest BCUT2D eigenvalue weighted by molar-refractivity contribution is 6.32. The molecule has 1 amide bonds. The third kappa shape index (κ3) is 2.08. The molecule has 1 aliphatic heterocycles. The van der Waals surface area contributed by atoms with Crippen LogP contribution in [0.3, 0.4) is 0 Å². The zero-order valence-corrected chi connectivity index (χ0v) is 12.0. The molecule has 1 heterocycles. The number of halogens is 2. The van der Waals surface area contributed by atoms with Crippen molar-refractivity contribution in [2.24, 2.45) is 0 Å². The van der Waals surface area contributed by atoms with E-state index < -0.39 is 5.82 Å². The average Bonchev–Trinajstić information content (AvgIpc) is 2.77. The number of amides is 1. The Balaban J connectivity index is 1.97. The molecule has 5 heteroatoms. The molecule has 106 valence electrons. The third-order valence-electron chi connectivity index (χ3n) is 3.95. The number of nitrogens with zero attached hydrogens (tertiary/aromatic N) is 1. The fraction of sp³-hybridized carbons (Fsp3) is 0.400. The maximum atomic E-state index is 14.1. The minimum Gasteiger partial charge on any atom is -0.495 e. The number of hydrogen-bond donors (Lipinski definition) is 0. The SMILES string of the molecule is COc1cc(N2CC3=C(CCCC3)C2=O)c(F)cc1Cl. The Hall–Kier alpha value is -1.55. The van der Waals surface area contributed by atoms with E-state index in [1.807, 2.05) is 0 Å². The van der Waals surface area contributed by atoms with Gasteiger partial charge in [-0.2, -0.15) is 0 Å². The number of carbonyl (C=O) groups excluding carboxylic acids is 1. The van der Waals surface area contributed by atoms with Gasteiger partial charge in [-0.15, -0.1) is 0 Å². The Bertz CT molecular complexity index is 612. The summed E-state index contributed by atoms with van der Waals surface area (Å²) in [5, 5.41) is 0.207. The molecular formula is C15H15ClFNO2. The van der Waals surface area contributed by atoms with E-state index in [1.165, 1.54) is 24.1 Å². The van der Waals surface area contributed by atoms with Crippen LogP contribution >= 0.6 is 11.6 Å². The molecule has 1 aromatic carbocycles. The topological polar surface area (TPSA) is 29.5 Å². The Labute approximate surface area is 122 Å². The number of anilines is 1. The first kappa shape index (κ1) is 13.4. The molecule has 0 radical (unpaired) electrons. The lowest BCUT2D eigenvalue weighted by atomic mass is 9.94. The van der Waals surface area contributed by atoms with Crippen molar-refractivity contribution in [3.05, 3.63) is 34.1 Å². The van der Waals surface area contributed by atoms with Crippen LogP contribution in [0.25, 0.3) is 0 Å². The number of hydrogen-bond acceptors (Lipinski definition) is 2. The summed E-state index contributed by atoms with van der Waals surface area (Å²) in [7, 11) is 1.47. The van der Waals surface area contributed by atoms with E-state index in [4.69, 9.17) is 16.3 Å². The van der Waals surface area contributed by atoms with Crippen LogP contribution in [0.15, 0.2) is 23.3 Å². The zero-order chi connectivity index (χ0) is 14.3. The van der Waals surface area contributed by atoms with Crippen LogP contribution in [0.5, 0.6) is 5.75 Å². The molecule has 0 atom stereocenters. The van der Waals surface area contributed by atoms with Crippen molar-refractivity contribution in [1.29, 1.82) is 0 Å². The van der Waals surface area contributed by atoms with Crippen molar-refractivity contribution >= 4 is 23.2 Å². The standard InChI is InChI=1S/C15H15ClFNO2/c1-20-14-7-13(12(17)6-11(14)16)18-8-9-4-2-3-5-10(9)15(18)19/h6-7H,2-5,8H2,1H3. The minimum atomic E-state index is -0.496. The normalized spacial score (nSPS) is 18.6. The molecule has 0 bridgehead atoms. The molecule has 20 heavy (non-hydrogen) atoms.